The van der Waals surface area contributed by atoms with Crippen LogP contribution in [0.5, 0.6) is 0 Å². The Morgan fingerprint density at radius 2 is 2.14 bits per heavy atom. The average molecular weight is 323 g/mol. The van der Waals surface area contributed by atoms with Crippen LogP contribution < -0.4 is 5.32 Å². The quantitative estimate of drug-likeness (QED) is 0.845. The van der Waals surface area contributed by atoms with E-state index in [0.717, 1.165) is 5.01 Å². The van der Waals surface area contributed by atoms with Gasteiger partial charge in [-0.05, 0) is 31.2 Å². The van der Waals surface area contributed by atoms with E-state index in [2.05, 4.69) is 10.3 Å². The maximum absolute atomic E-state index is 11.8. The summed E-state index contributed by atoms with van der Waals surface area (Å²) >= 11 is 7.30. The standard InChI is InChI=1S/C14H11ClN2O3S/c1-8-16-11(7-21-8)2-3-13(18)17-12-5-9(14(19)20)4-10(15)6-12/h2-7H,1H3,(H,17,18)(H,19,20)/b3-2+. The zero-order valence-corrected chi connectivity index (χ0v) is 12.5. The number of carbonyl (C=O) groups is 2. The van der Waals surface area contributed by atoms with E-state index in [1.165, 1.54) is 35.6 Å². The van der Waals surface area contributed by atoms with E-state index in [4.69, 9.17) is 16.7 Å². The summed E-state index contributed by atoms with van der Waals surface area (Å²) in [5, 5.41) is 14.5. The number of aromatic carboxylic acids is 1. The van der Waals surface area contributed by atoms with E-state index in [9.17, 15) is 9.59 Å². The van der Waals surface area contributed by atoms with Crippen molar-refractivity contribution < 1.29 is 14.7 Å². The predicted octanol–water partition coefficient (Wildman–Crippen LogP) is 3.46. The maximum Gasteiger partial charge on any atom is 0.335 e. The van der Waals surface area contributed by atoms with Crippen LogP contribution in [0.2, 0.25) is 5.02 Å². The van der Waals surface area contributed by atoms with Gasteiger partial charge in [-0.3, -0.25) is 4.79 Å². The van der Waals surface area contributed by atoms with Crippen LogP contribution in [0.3, 0.4) is 0 Å². The minimum absolute atomic E-state index is 0.0110. The molecule has 0 atom stereocenters. The SMILES string of the molecule is Cc1nc(/C=C/C(=O)Nc2cc(Cl)cc(C(=O)O)c2)cs1. The molecule has 0 saturated heterocycles. The number of rotatable bonds is 4. The van der Waals surface area contributed by atoms with Gasteiger partial charge in [0.05, 0.1) is 16.3 Å². The average Bonchev–Trinajstić information content (AvgIpc) is 2.81. The van der Waals surface area contributed by atoms with Gasteiger partial charge in [0.1, 0.15) is 0 Å². The molecule has 0 aliphatic rings. The van der Waals surface area contributed by atoms with Crippen molar-refractivity contribution in [3.63, 3.8) is 0 Å². The number of hydrogen-bond donors (Lipinski definition) is 2. The molecule has 0 saturated carbocycles. The molecular formula is C14H11ClN2O3S. The van der Waals surface area contributed by atoms with Gasteiger partial charge in [-0.25, -0.2) is 9.78 Å². The Labute approximate surface area is 129 Å². The molecular weight excluding hydrogens is 312 g/mol. The predicted molar refractivity (Wildman–Crippen MR) is 82.9 cm³/mol. The lowest BCUT2D eigenvalue weighted by atomic mass is 10.2. The van der Waals surface area contributed by atoms with E-state index in [0.29, 0.717) is 11.4 Å². The Morgan fingerprint density at radius 3 is 2.76 bits per heavy atom. The first-order chi connectivity index (χ1) is 9.94. The number of anilines is 1. The summed E-state index contributed by atoms with van der Waals surface area (Å²) < 4.78 is 0. The number of thiazole rings is 1. The van der Waals surface area contributed by atoms with Crippen LogP contribution in [-0.4, -0.2) is 22.0 Å². The molecule has 2 aromatic rings. The summed E-state index contributed by atoms with van der Waals surface area (Å²) in [6.45, 7) is 1.88. The number of nitrogens with one attached hydrogen (secondary N) is 1. The lowest BCUT2D eigenvalue weighted by molar-refractivity contribution is -0.111. The van der Waals surface area contributed by atoms with E-state index in [1.54, 1.807) is 6.08 Å². The molecule has 0 bridgehead atoms. The summed E-state index contributed by atoms with van der Waals surface area (Å²) in [5.74, 6) is -1.50. The van der Waals surface area contributed by atoms with Crippen LogP contribution in [-0.2, 0) is 4.79 Å². The van der Waals surface area contributed by atoms with E-state index >= 15 is 0 Å². The van der Waals surface area contributed by atoms with Crippen molar-refractivity contribution in [3.8, 4) is 0 Å². The minimum atomic E-state index is -1.11. The van der Waals surface area contributed by atoms with Gasteiger partial charge in [0.25, 0.3) is 0 Å². The Balaban J connectivity index is 2.09. The van der Waals surface area contributed by atoms with Crippen molar-refractivity contribution in [3.05, 3.63) is 50.9 Å². The number of amides is 1. The molecule has 0 aliphatic heterocycles. The molecule has 1 aromatic carbocycles. The lowest BCUT2D eigenvalue weighted by Crippen LogP contribution is -2.08. The van der Waals surface area contributed by atoms with Gasteiger partial charge in [-0.2, -0.15) is 0 Å². The van der Waals surface area contributed by atoms with Crippen molar-refractivity contribution in [2.75, 3.05) is 5.32 Å². The summed E-state index contributed by atoms with van der Waals surface area (Å²) in [4.78, 5) is 26.9. The van der Waals surface area contributed by atoms with Crippen LogP contribution in [0.25, 0.3) is 6.08 Å². The zero-order valence-electron chi connectivity index (χ0n) is 11.0. The first-order valence-corrected chi connectivity index (χ1v) is 7.15. The fourth-order valence-corrected chi connectivity index (χ4v) is 2.40. The van der Waals surface area contributed by atoms with Crippen molar-refractivity contribution in [1.82, 2.24) is 4.98 Å². The third-order valence-corrected chi connectivity index (χ3v) is 3.46. The molecule has 5 nitrogen and oxygen atoms in total. The summed E-state index contributed by atoms with van der Waals surface area (Å²) in [7, 11) is 0. The van der Waals surface area contributed by atoms with Gasteiger partial charge in [-0.1, -0.05) is 11.6 Å². The highest BCUT2D eigenvalue weighted by Crippen LogP contribution is 2.19. The highest BCUT2D eigenvalue weighted by atomic mass is 35.5. The second kappa shape index (κ2) is 6.51. The fourth-order valence-electron chi connectivity index (χ4n) is 1.59. The molecule has 108 valence electrons. The monoisotopic (exact) mass is 322 g/mol. The van der Waals surface area contributed by atoms with Crippen molar-refractivity contribution in [2.45, 2.75) is 6.92 Å². The molecule has 2 rings (SSSR count). The Kier molecular flexibility index (Phi) is 4.72. The Morgan fingerprint density at radius 1 is 1.38 bits per heavy atom. The number of aromatic nitrogens is 1. The molecule has 1 heterocycles. The number of carboxylic acid groups (broad SMARTS) is 1. The third-order valence-electron chi connectivity index (χ3n) is 2.45. The van der Waals surface area contributed by atoms with Crippen molar-refractivity contribution in [1.29, 1.82) is 0 Å². The molecule has 1 aromatic heterocycles. The number of carboxylic acids is 1. The van der Waals surface area contributed by atoms with Crippen molar-refractivity contribution in [2.24, 2.45) is 0 Å². The number of benzene rings is 1. The molecule has 2 N–H and O–H groups in total. The van der Waals surface area contributed by atoms with Crippen LogP contribution in [0.15, 0.2) is 29.7 Å². The minimum Gasteiger partial charge on any atom is -0.478 e. The topological polar surface area (TPSA) is 79.3 Å². The van der Waals surface area contributed by atoms with E-state index < -0.39 is 5.97 Å². The number of nitrogens with zero attached hydrogens (tertiary/aromatic N) is 1. The third kappa shape index (κ3) is 4.40. The Bertz CT molecular complexity index is 725. The van der Waals surface area contributed by atoms with Gasteiger partial charge in [0.2, 0.25) is 5.91 Å². The van der Waals surface area contributed by atoms with E-state index in [1.807, 2.05) is 12.3 Å². The van der Waals surface area contributed by atoms with Gasteiger partial charge in [-0.15, -0.1) is 11.3 Å². The van der Waals surface area contributed by atoms with Crippen LogP contribution in [0.4, 0.5) is 5.69 Å². The summed E-state index contributed by atoms with van der Waals surface area (Å²) in [5.41, 5.74) is 1.03. The molecule has 7 heteroatoms. The number of carbonyl (C=O) groups excluding carboxylic acids is 1. The number of halogens is 1. The summed E-state index contributed by atoms with van der Waals surface area (Å²) in [6, 6.07) is 4.13. The van der Waals surface area contributed by atoms with Crippen LogP contribution in [0, 0.1) is 6.92 Å². The molecule has 21 heavy (non-hydrogen) atoms. The molecule has 0 aliphatic carbocycles. The molecule has 1 amide bonds. The Hall–Kier alpha value is -2.18. The first-order valence-electron chi connectivity index (χ1n) is 5.89. The number of hydrogen-bond acceptors (Lipinski definition) is 4. The highest BCUT2D eigenvalue weighted by Gasteiger charge is 2.07. The van der Waals surface area contributed by atoms with Gasteiger partial charge in [0.15, 0.2) is 0 Å². The second-order valence-corrected chi connectivity index (χ2v) is 5.65. The van der Waals surface area contributed by atoms with Gasteiger partial charge < -0.3 is 10.4 Å². The van der Waals surface area contributed by atoms with Crippen molar-refractivity contribution >= 4 is 46.6 Å². The molecule has 0 unspecified atom stereocenters. The van der Waals surface area contributed by atoms with Crippen LogP contribution in [0.1, 0.15) is 21.1 Å². The normalized spacial score (nSPS) is 10.8. The first kappa shape index (κ1) is 15.2. The smallest absolute Gasteiger partial charge is 0.335 e. The lowest BCUT2D eigenvalue weighted by Gasteiger charge is -2.04. The number of aryl methyl sites for hydroxylation is 1. The molecule has 0 spiro atoms. The largest absolute Gasteiger partial charge is 0.478 e. The zero-order chi connectivity index (χ0) is 15.4. The van der Waals surface area contributed by atoms with Gasteiger partial charge in [0, 0.05) is 22.2 Å². The maximum atomic E-state index is 11.8. The van der Waals surface area contributed by atoms with Crippen LogP contribution >= 0.6 is 22.9 Å². The fraction of sp³-hybridized carbons (Fsp3) is 0.0714. The highest BCUT2D eigenvalue weighted by molar-refractivity contribution is 7.09. The second-order valence-electron chi connectivity index (χ2n) is 4.15. The molecule has 0 radical (unpaired) electrons. The summed E-state index contributed by atoms with van der Waals surface area (Å²) in [6.07, 6.45) is 2.91. The van der Waals surface area contributed by atoms with Gasteiger partial charge >= 0.3 is 5.97 Å². The molecule has 0 fully saturated rings. The van der Waals surface area contributed by atoms with E-state index in [-0.39, 0.29) is 16.5 Å².